The van der Waals surface area contributed by atoms with Gasteiger partial charge in [-0.25, -0.2) is 0 Å². The molecule has 1 unspecified atom stereocenters. The van der Waals surface area contributed by atoms with E-state index in [1.54, 1.807) is 6.08 Å². The molecule has 0 rings (SSSR count). The highest BCUT2D eigenvalue weighted by atomic mass is 28.4. The van der Waals surface area contributed by atoms with Gasteiger partial charge in [0.25, 0.3) is 0 Å². The summed E-state index contributed by atoms with van der Waals surface area (Å²) in [5.41, 5.74) is 0. The molecule has 0 bridgehead atoms. The van der Waals surface area contributed by atoms with Gasteiger partial charge in [0.2, 0.25) is 0 Å². The standard InChI is InChI=1S/C22H40O5Si/c1-10-13-20(27-28(8,9)22(4,5)6)15-12-14-18(3)26-21(23)16-19(11-2)25-17-24-7/h10-12,15,18-20H,1-2,13-14,16-17H2,3-9H3/b15-12+/t18-,19+,20?/m1/s1. The third kappa shape index (κ3) is 11.0. The molecule has 0 spiro atoms. The van der Waals surface area contributed by atoms with Crippen molar-refractivity contribution in [2.24, 2.45) is 0 Å². The second kappa shape index (κ2) is 13.1. The van der Waals surface area contributed by atoms with Gasteiger partial charge in [0, 0.05) is 13.5 Å². The number of carbonyl (C=O) groups excluding carboxylic acids is 1. The van der Waals surface area contributed by atoms with E-state index in [1.165, 1.54) is 7.11 Å². The largest absolute Gasteiger partial charge is 0.462 e. The van der Waals surface area contributed by atoms with Crippen LogP contribution >= 0.6 is 0 Å². The number of ether oxygens (including phenoxy) is 3. The average Bonchev–Trinajstić information content (AvgIpc) is 2.57. The first-order valence-electron chi connectivity index (χ1n) is 9.84. The average molecular weight is 413 g/mol. The van der Waals surface area contributed by atoms with Crippen molar-refractivity contribution < 1.29 is 23.4 Å². The summed E-state index contributed by atoms with van der Waals surface area (Å²) < 4.78 is 22.1. The predicted octanol–water partition coefficient (Wildman–Crippen LogP) is 5.40. The Morgan fingerprint density at radius 1 is 1.14 bits per heavy atom. The van der Waals surface area contributed by atoms with Crippen LogP contribution in [0.3, 0.4) is 0 Å². The van der Waals surface area contributed by atoms with Crippen LogP contribution < -0.4 is 0 Å². The number of carbonyl (C=O) groups is 1. The van der Waals surface area contributed by atoms with Crippen LogP contribution in [0, 0.1) is 0 Å². The van der Waals surface area contributed by atoms with Gasteiger partial charge >= 0.3 is 5.97 Å². The lowest BCUT2D eigenvalue weighted by Crippen LogP contribution is -2.43. The maximum atomic E-state index is 12.0. The molecule has 0 fully saturated rings. The Morgan fingerprint density at radius 3 is 2.29 bits per heavy atom. The molecule has 0 saturated heterocycles. The fourth-order valence-electron chi connectivity index (χ4n) is 2.16. The SMILES string of the molecule is C=CCC(/C=C/C[C@@H](C)OC(=O)C[C@H](C=C)OCOC)O[Si](C)(C)C(C)(C)C. The summed E-state index contributed by atoms with van der Waals surface area (Å²) in [7, 11) is -0.331. The van der Waals surface area contributed by atoms with E-state index in [-0.39, 0.29) is 36.4 Å². The summed E-state index contributed by atoms with van der Waals surface area (Å²) >= 11 is 0. The smallest absolute Gasteiger partial charge is 0.309 e. The van der Waals surface area contributed by atoms with E-state index in [0.717, 1.165) is 6.42 Å². The third-order valence-corrected chi connectivity index (χ3v) is 9.34. The monoisotopic (exact) mass is 412 g/mol. The van der Waals surface area contributed by atoms with Crippen molar-refractivity contribution in [2.75, 3.05) is 13.9 Å². The van der Waals surface area contributed by atoms with E-state index in [0.29, 0.717) is 6.42 Å². The Morgan fingerprint density at radius 2 is 1.79 bits per heavy atom. The molecular weight excluding hydrogens is 372 g/mol. The fourth-order valence-corrected chi connectivity index (χ4v) is 3.44. The zero-order valence-electron chi connectivity index (χ0n) is 18.8. The lowest BCUT2D eigenvalue weighted by Gasteiger charge is -2.38. The highest BCUT2D eigenvalue weighted by molar-refractivity contribution is 6.74. The molecule has 0 heterocycles. The molecule has 162 valence electrons. The van der Waals surface area contributed by atoms with Crippen molar-refractivity contribution >= 4 is 14.3 Å². The lowest BCUT2D eigenvalue weighted by molar-refractivity contribution is -0.152. The third-order valence-electron chi connectivity index (χ3n) is 4.83. The van der Waals surface area contributed by atoms with Crippen molar-refractivity contribution in [1.82, 2.24) is 0 Å². The van der Waals surface area contributed by atoms with Crippen LogP contribution in [0.5, 0.6) is 0 Å². The van der Waals surface area contributed by atoms with Gasteiger partial charge in [-0.05, 0) is 31.5 Å². The maximum Gasteiger partial charge on any atom is 0.309 e. The Balaban J connectivity index is 4.60. The maximum absolute atomic E-state index is 12.0. The minimum absolute atomic E-state index is 0.00566. The molecule has 3 atom stereocenters. The normalized spacial score (nSPS) is 15.8. The summed E-state index contributed by atoms with van der Waals surface area (Å²) in [4.78, 5) is 12.0. The van der Waals surface area contributed by atoms with Crippen LogP contribution in [-0.2, 0) is 23.4 Å². The highest BCUT2D eigenvalue weighted by Crippen LogP contribution is 2.37. The minimum Gasteiger partial charge on any atom is -0.462 e. The number of hydrogen-bond donors (Lipinski definition) is 0. The van der Waals surface area contributed by atoms with Gasteiger partial charge in [0.15, 0.2) is 8.32 Å². The molecule has 0 aliphatic heterocycles. The van der Waals surface area contributed by atoms with E-state index in [2.05, 4.69) is 53.1 Å². The Labute approximate surface area is 172 Å². The Bertz CT molecular complexity index is 508. The molecule has 0 radical (unpaired) electrons. The summed E-state index contributed by atoms with van der Waals surface area (Å²) in [5, 5.41) is 0.148. The van der Waals surface area contributed by atoms with Crippen molar-refractivity contribution in [2.45, 2.75) is 83.4 Å². The van der Waals surface area contributed by atoms with Crippen molar-refractivity contribution in [1.29, 1.82) is 0 Å². The number of methoxy groups -OCH3 is 1. The second-order valence-corrected chi connectivity index (χ2v) is 13.2. The minimum atomic E-state index is -1.86. The summed E-state index contributed by atoms with van der Waals surface area (Å²) in [5.74, 6) is -0.318. The molecule has 0 aromatic rings. The molecule has 0 aromatic heterocycles. The zero-order valence-corrected chi connectivity index (χ0v) is 19.8. The molecular formula is C22H40O5Si. The second-order valence-electron chi connectivity index (χ2n) is 8.46. The predicted molar refractivity (Wildman–Crippen MR) is 118 cm³/mol. The number of hydrogen-bond acceptors (Lipinski definition) is 5. The van der Waals surface area contributed by atoms with E-state index < -0.39 is 14.4 Å². The Kier molecular flexibility index (Phi) is 12.5. The first kappa shape index (κ1) is 26.8. The summed E-state index contributed by atoms with van der Waals surface area (Å²) in [6.07, 6.45) is 8.38. The summed E-state index contributed by atoms with van der Waals surface area (Å²) in [6.45, 7) is 20.6. The van der Waals surface area contributed by atoms with Crippen LogP contribution in [0.4, 0.5) is 0 Å². The molecule has 0 N–H and O–H groups in total. The fraction of sp³-hybridized carbons (Fsp3) is 0.682. The molecule has 0 amide bonds. The zero-order chi connectivity index (χ0) is 21.8. The molecule has 0 aliphatic carbocycles. The molecule has 0 aromatic carbocycles. The molecule has 0 aliphatic rings. The van der Waals surface area contributed by atoms with E-state index in [1.807, 2.05) is 19.1 Å². The first-order chi connectivity index (χ1) is 13.0. The van der Waals surface area contributed by atoms with Crippen LogP contribution in [0.1, 0.15) is 47.0 Å². The van der Waals surface area contributed by atoms with Gasteiger partial charge in [-0.15, -0.1) is 13.2 Å². The van der Waals surface area contributed by atoms with E-state index >= 15 is 0 Å². The quantitative estimate of drug-likeness (QED) is 0.166. The first-order valence-corrected chi connectivity index (χ1v) is 12.8. The van der Waals surface area contributed by atoms with Crippen LogP contribution in [0.2, 0.25) is 18.1 Å². The molecule has 6 heteroatoms. The van der Waals surface area contributed by atoms with Gasteiger partial charge in [0.05, 0.1) is 18.6 Å². The van der Waals surface area contributed by atoms with Gasteiger partial charge < -0.3 is 18.6 Å². The van der Waals surface area contributed by atoms with E-state index in [9.17, 15) is 4.79 Å². The van der Waals surface area contributed by atoms with Gasteiger partial charge in [-0.2, -0.15) is 0 Å². The molecule has 28 heavy (non-hydrogen) atoms. The number of rotatable bonds is 14. The number of esters is 1. The Hall–Kier alpha value is -1.21. The van der Waals surface area contributed by atoms with Gasteiger partial charge in [-0.1, -0.05) is 45.1 Å². The lowest BCUT2D eigenvalue weighted by atomic mass is 10.2. The molecule has 5 nitrogen and oxygen atoms in total. The van der Waals surface area contributed by atoms with Crippen LogP contribution in [0.25, 0.3) is 0 Å². The summed E-state index contributed by atoms with van der Waals surface area (Å²) in [6, 6.07) is 0. The van der Waals surface area contributed by atoms with Gasteiger partial charge in [0.1, 0.15) is 12.9 Å². The van der Waals surface area contributed by atoms with Gasteiger partial charge in [-0.3, -0.25) is 4.79 Å². The van der Waals surface area contributed by atoms with E-state index in [4.69, 9.17) is 18.6 Å². The van der Waals surface area contributed by atoms with Crippen molar-refractivity contribution in [3.8, 4) is 0 Å². The van der Waals surface area contributed by atoms with Crippen molar-refractivity contribution in [3.63, 3.8) is 0 Å². The topological polar surface area (TPSA) is 54.0 Å². The van der Waals surface area contributed by atoms with Crippen molar-refractivity contribution in [3.05, 3.63) is 37.5 Å². The van der Waals surface area contributed by atoms with Crippen LogP contribution in [0.15, 0.2) is 37.5 Å². The van der Waals surface area contributed by atoms with Crippen LogP contribution in [-0.4, -0.2) is 46.5 Å². The highest BCUT2D eigenvalue weighted by Gasteiger charge is 2.38. The molecule has 0 saturated carbocycles.